The van der Waals surface area contributed by atoms with E-state index in [0.29, 0.717) is 6.54 Å². The summed E-state index contributed by atoms with van der Waals surface area (Å²) in [5.41, 5.74) is 7.14. The highest BCUT2D eigenvalue weighted by molar-refractivity contribution is 6.00. The Morgan fingerprint density at radius 1 is 1.29 bits per heavy atom. The van der Waals surface area contributed by atoms with E-state index in [1.165, 1.54) is 0 Å². The van der Waals surface area contributed by atoms with Gasteiger partial charge in [-0.3, -0.25) is 4.98 Å². The van der Waals surface area contributed by atoms with Crippen LogP contribution in [0.4, 0.5) is 11.4 Å². The first-order chi connectivity index (χ1) is 10.1. The smallest absolute Gasteiger partial charge is 0.0819 e. The van der Waals surface area contributed by atoms with Crippen molar-refractivity contribution in [1.29, 1.82) is 0 Å². The topological polar surface area (TPSA) is 71.2 Å². The third-order valence-electron chi connectivity index (χ3n) is 4.66. The predicted molar refractivity (Wildman–Crippen MR) is 87.2 cm³/mol. The summed E-state index contributed by atoms with van der Waals surface area (Å²) in [6.07, 6.45) is 7.50. The molecule has 0 radical (unpaired) electrons. The van der Waals surface area contributed by atoms with Gasteiger partial charge >= 0.3 is 0 Å². The van der Waals surface area contributed by atoms with Crippen molar-refractivity contribution in [2.24, 2.45) is 5.92 Å². The molecule has 0 amide bonds. The van der Waals surface area contributed by atoms with Crippen LogP contribution in [-0.4, -0.2) is 22.2 Å². The van der Waals surface area contributed by atoms with Crippen molar-refractivity contribution >= 4 is 22.1 Å². The summed E-state index contributed by atoms with van der Waals surface area (Å²) in [7, 11) is 0. The second-order valence-corrected chi connectivity index (χ2v) is 6.38. The van der Waals surface area contributed by atoms with Gasteiger partial charge in [-0.25, -0.2) is 0 Å². The molecule has 1 aliphatic rings. The largest absolute Gasteiger partial charge is 0.398 e. The van der Waals surface area contributed by atoms with Gasteiger partial charge in [0.2, 0.25) is 0 Å². The molecule has 0 unspecified atom stereocenters. The predicted octanol–water partition coefficient (Wildman–Crippen LogP) is 3.17. The third kappa shape index (κ3) is 2.95. The molecule has 4 N–H and O–H groups in total. The van der Waals surface area contributed by atoms with E-state index in [2.05, 4.69) is 17.2 Å². The minimum absolute atomic E-state index is 0.584. The van der Waals surface area contributed by atoms with Gasteiger partial charge in [0.25, 0.3) is 0 Å². The van der Waals surface area contributed by atoms with Crippen molar-refractivity contribution < 1.29 is 5.11 Å². The van der Waals surface area contributed by atoms with Crippen molar-refractivity contribution in [2.45, 2.75) is 38.2 Å². The van der Waals surface area contributed by atoms with Crippen LogP contribution in [0.5, 0.6) is 0 Å². The van der Waals surface area contributed by atoms with Gasteiger partial charge in [0, 0.05) is 41.1 Å². The van der Waals surface area contributed by atoms with Crippen molar-refractivity contribution in [3.05, 3.63) is 30.6 Å². The van der Waals surface area contributed by atoms with Crippen molar-refractivity contribution in [3.8, 4) is 0 Å². The fraction of sp³-hybridized carbons (Fsp3) is 0.471. The number of nitrogen functional groups attached to an aromatic ring is 1. The number of hydrogen-bond donors (Lipinski definition) is 3. The number of nitrogens with zero attached hydrogens (tertiary/aromatic N) is 1. The number of anilines is 2. The molecule has 1 aromatic heterocycles. The van der Waals surface area contributed by atoms with Crippen LogP contribution < -0.4 is 11.1 Å². The number of aliphatic hydroxyl groups is 1. The molecule has 1 saturated carbocycles. The van der Waals surface area contributed by atoms with Gasteiger partial charge in [0.05, 0.1) is 5.60 Å². The van der Waals surface area contributed by atoms with Crippen LogP contribution in [0.2, 0.25) is 0 Å². The van der Waals surface area contributed by atoms with E-state index in [4.69, 9.17) is 5.73 Å². The molecule has 0 aliphatic heterocycles. The van der Waals surface area contributed by atoms with Crippen LogP contribution in [0.3, 0.4) is 0 Å². The maximum absolute atomic E-state index is 10.7. The molecule has 0 bridgehead atoms. The van der Waals surface area contributed by atoms with Crippen molar-refractivity contribution in [3.63, 3.8) is 0 Å². The first-order valence-corrected chi connectivity index (χ1v) is 7.66. The fourth-order valence-corrected chi connectivity index (χ4v) is 3.10. The van der Waals surface area contributed by atoms with Gasteiger partial charge in [0.15, 0.2) is 0 Å². The van der Waals surface area contributed by atoms with E-state index in [9.17, 15) is 5.11 Å². The number of benzene rings is 1. The number of pyridine rings is 1. The van der Waals surface area contributed by atoms with Gasteiger partial charge in [-0.05, 0) is 49.8 Å². The molecular formula is C17H23N3O. The first kappa shape index (κ1) is 14.1. The van der Waals surface area contributed by atoms with E-state index in [1.807, 2.05) is 18.2 Å². The maximum atomic E-state index is 10.7. The molecule has 112 valence electrons. The molecule has 1 fully saturated rings. The zero-order valence-electron chi connectivity index (χ0n) is 12.5. The molecule has 1 heterocycles. The quantitative estimate of drug-likeness (QED) is 0.757. The van der Waals surface area contributed by atoms with Crippen LogP contribution in [0.1, 0.15) is 32.6 Å². The molecule has 2 aromatic rings. The molecule has 0 atom stereocenters. The van der Waals surface area contributed by atoms with E-state index in [1.54, 1.807) is 12.4 Å². The van der Waals surface area contributed by atoms with E-state index < -0.39 is 5.60 Å². The Labute approximate surface area is 125 Å². The van der Waals surface area contributed by atoms with Gasteiger partial charge in [-0.15, -0.1) is 0 Å². The molecule has 1 aliphatic carbocycles. The lowest BCUT2D eigenvalue weighted by atomic mass is 9.79. The zero-order chi connectivity index (χ0) is 14.9. The van der Waals surface area contributed by atoms with E-state index in [-0.39, 0.29) is 0 Å². The van der Waals surface area contributed by atoms with Crippen LogP contribution in [0.15, 0.2) is 30.6 Å². The summed E-state index contributed by atoms with van der Waals surface area (Å²) in [5.74, 6) is 0.730. The number of fused-ring (bicyclic) bond motifs is 1. The summed E-state index contributed by atoms with van der Waals surface area (Å²) >= 11 is 0. The minimum Gasteiger partial charge on any atom is -0.398 e. The van der Waals surface area contributed by atoms with Gasteiger partial charge in [0.1, 0.15) is 0 Å². The molecule has 4 nitrogen and oxygen atoms in total. The van der Waals surface area contributed by atoms with Gasteiger partial charge < -0.3 is 16.2 Å². The number of nitrogens with two attached hydrogens (primary N) is 1. The maximum Gasteiger partial charge on any atom is 0.0819 e. The Morgan fingerprint density at radius 3 is 2.81 bits per heavy atom. The normalized spacial score (nSPS) is 25.9. The number of aromatic nitrogens is 1. The molecular weight excluding hydrogens is 262 g/mol. The highest BCUT2D eigenvalue weighted by atomic mass is 16.3. The van der Waals surface area contributed by atoms with Crippen LogP contribution in [0, 0.1) is 5.92 Å². The van der Waals surface area contributed by atoms with Crippen LogP contribution >= 0.6 is 0 Å². The number of rotatable bonds is 3. The average molecular weight is 285 g/mol. The lowest BCUT2D eigenvalue weighted by molar-refractivity contribution is 0.00504. The number of hydrogen-bond acceptors (Lipinski definition) is 4. The molecule has 1 aromatic carbocycles. The van der Waals surface area contributed by atoms with Gasteiger partial charge in [-0.1, -0.05) is 6.92 Å². The summed E-state index contributed by atoms with van der Waals surface area (Å²) in [5, 5.41) is 16.1. The van der Waals surface area contributed by atoms with E-state index in [0.717, 1.165) is 53.7 Å². The van der Waals surface area contributed by atoms with Crippen LogP contribution in [0.25, 0.3) is 10.8 Å². The molecule has 21 heavy (non-hydrogen) atoms. The Bertz CT molecular complexity index is 633. The third-order valence-corrected chi connectivity index (χ3v) is 4.66. The first-order valence-electron chi connectivity index (χ1n) is 7.66. The molecule has 0 saturated heterocycles. The minimum atomic E-state index is -0.590. The van der Waals surface area contributed by atoms with Crippen molar-refractivity contribution in [2.75, 3.05) is 17.6 Å². The SMILES string of the molecule is CC1CCC(O)(CNc2ccc(N)c3cnccc23)CC1. The number of nitrogens with one attached hydrogen (secondary N) is 1. The monoisotopic (exact) mass is 285 g/mol. The molecule has 3 rings (SSSR count). The average Bonchev–Trinajstić information content (AvgIpc) is 2.50. The standard InChI is InChI=1S/C17H23N3O/c1-12-4-7-17(21,8-5-12)11-20-16-3-2-15(18)14-10-19-9-6-13(14)16/h2-3,6,9-10,12,20-21H,4-5,7-8,11,18H2,1H3. The summed E-state index contributed by atoms with van der Waals surface area (Å²) in [6, 6.07) is 5.83. The summed E-state index contributed by atoms with van der Waals surface area (Å²) in [6.45, 7) is 2.84. The van der Waals surface area contributed by atoms with Crippen molar-refractivity contribution in [1.82, 2.24) is 4.98 Å². The van der Waals surface area contributed by atoms with E-state index >= 15 is 0 Å². The second kappa shape index (κ2) is 5.53. The summed E-state index contributed by atoms with van der Waals surface area (Å²) in [4.78, 5) is 4.13. The molecule has 4 heteroatoms. The highest BCUT2D eigenvalue weighted by Crippen LogP contribution is 2.33. The Hall–Kier alpha value is -1.81. The Morgan fingerprint density at radius 2 is 2.05 bits per heavy atom. The fourth-order valence-electron chi connectivity index (χ4n) is 3.10. The van der Waals surface area contributed by atoms with Gasteiger partial charge in [-0.2, -0.15) is 0 Å². The highest BCUT2D eigenvalue weighted by Gasteiger charge is 2.31. The summed E-state index contributed by atoms with van der Waals surface area (Å²) < 4.78 is 0. The zero-order valence-corrected chi connectivity index (χ0v) is 12.5. The lowest BCUT2D eigenvalue weighted by Crippen LogP contribution is -2.40. The van der Waals surface area contributed by atoms with Crippen LogP contribution in [-0.2, 0) is 0 Å². The molecule has 0 spiro atoms. The Kier molecular flexibility index (Phi) is 3.72. The Balaban J connectivity index is 1.78. The second-order valence-electron chi connectivity index (χ2n) is 6.38. The lowest BCUT2D eigenvalue weighted by Gasteiger charge is -2.35.